The molecule has 1 aliphatic rings. The number of carboxylic acids is 1. The van der Waals surface area contributed by atoms with Crippen molar-refractivity contribution in [3.05, 3.63) is 102 Å². The zero-order valence-electron chi connectivity index (χ0n) is 17.8. The van der Waals surface area contributed by atoms with E-state index in [2.05, 4.69) is 53.4 Å². The van der Waals surface area contributed by atoms with Crippen molar-refractivity contribution in [3.63, 3.8) is 0 Å². The summed E-state index contributed by atoms with van der Waals surface area (Å²) in [7, 11) is 0. The number of nitrogens with zero attached hydrogens (tertiary/aromatic N) is 2. The van der Waals surface area contributed by atoms with Crippen LogP contribution in [0.4, 0.5) is 0 Å². The van der Waals surface area contributed by atoms with Crippen molar-refractivity contribution < 1.29 is 19.4 Å². The van der Waals surface area contributed by atoms with Crippen LogP contribution in [-0.2, 0) is 4.79 Å². The summed E-state index contributed by atoms with van der Waals surface area (Å²) in [5.41, 5.74) is 2.67. The first kappa shape index (κ1) is 21.6. The molecule has 0 unspecified atom stereocenters. The molecular weight excluding hydrogens is 404 g/mol. The fourth-order valence-corrected chi connectivity index (χ4v) is 4.04. The molecule has 6 heteroatoms. The lowest BCUT2D eigenvalue weighted by Gasteiger charge is -2.39. The van der Waals surface area contributed by atoms with E-state index < -0.39 is 5.97 Å². The normalized spacial score (nSPS) is 14.3. The Hall–Kier alpha value is -3.64. The highest BCUT2D eigenvalue weighted by atomic mass is 16.5. The highest BCUT2D eigenvalue weighted by molar-refractivity contribution is 5.87. The van der Waals surface area contributed by atoms with Crippen LogP contribution < -0.4 is 4.74 Å². The van der Waals surface area contributed by atoms with Crippen molar-refractivity contribution in [2.75, 3.05) is 32.8 Å². The van der Waals surface area contributed by atoms with E-state index in [0.717, 1.165) is 13.1 Å². The molecule has 1 aliphatic heterocycles. The quantitative estimate of drug-likeness (QED) is 0.619. The van der Waals surface area contributed by atoms with E-state index in [1.807, 2.05) is 17.0 Å². The predicted molar refractivity (Wildman–Crippen MR) is 122 cm³/mol. The van der Waals surface area contributed by atoms with Crippen LogP contribution in [0.15, 0.2) is 84.9 Å². The van der Waals surface area contributed by atoms with Crippen molar-refractivity contribution in [3.8, 4) is 5.75 Å². The second-order valence-electron chi connectivity index (χ2n) is 7.76. The second kappa shape index (κ2) is 10.1. The molecule has 4 rings (SSSR count). The average molecular weight is 431 g/mol. The molecule has 1 heterocycles. The second-order valence-corrected chi connectivity index (χ2v) is 7.76. The SMILES string of the molecule is O=C(O)c1ccc(OCC(=O)N2CCN(C(c3ccccc3)c3ccccc3)CC2)cc1. The van der Waals surface area contributed by atoms with Crippen molar-refractivity contribution in [2.24, 2.45) is 0 Å². The van der Waals surface area contributed by atoms with Gasteiger partial charge in [-0.15, -0.1) is 0 Å². The number of rotatable bonds is 7. The van der Waals surface area contributed by atoms with E-state index in [1.54, 1.807) is 12.1 Å². The molecule has 1 fully saturated rings. The fourth-order valence-electron chi connectivity index (χ4n) is 4.04. The minimum absolute atomic E-state index is 0.0623. The van der Waals surface area contributed by atoms with Gasteiger partial charge >= 0.3 is 5.97 Å². The third-order valence-corrected chi connectivity index (χ3v) is 5.73. The van der Waals surface area contributed by atoms with Crippen LogP contribution in [0, 0.1) is 0 Å². The summed E-state index contributed by atoms with van der Waals surface area (Å²) in [5.74, 6) is -0.576. The lowest BCUT2D eigenvalue weighted by molar-refractivity contribution is -0.135. The molecule has 6 nitrogen and oxygen atoms in total. The van der Waals surface area contributed by atoms with Gasteiger partial charge in [0.1, 0.15) is 5.75 Å². The van der Waals surface area contributed by atoms with Crippen LogP contribution in [0.2, 0.25) is 0 Å². The first-order valence-electron chi connectivity index (χ1n) is 10.7. The lowest BCUT2D eigenvalue weighted by Crippen LogP contribution is -2.51. The summed E-state index contributed by atoms with van der Waals surface area (Å²) in [5, 5.41) is 8.96. The Morgan fingerprint density at radius 2 is 1.31 bits per heavy atom. The zero-order valence-corrected chi connectivity index (χ0v) is 17.8. The minimum atomic E-state index is -0.991. The first-order chi connectivity index (χ1) is 15.6. The van der Waals surface area contributed by atoms with Crippen molar-refractivity contribution in [1.29, 1.82) is 0 Å². The summed E-state index contributed by atoms with van der Waals surface area (Å²) >= 11 is 0. The smallest absolute Gasteiger partial charge is 0.335 e. The first-order valence-corrected chi connectivity index (χ1v) is 10.7. The molecule has 32 heavy (non-hydrogen) atoms. The Balaban J connectivity index is 1.36. The molecule has 0 radical (unpaired) electrons. The largest absolute Gasteiger partial charge is 0.484 e. The van der Waals surface area contributed by atoms with E-state index >= 15 is 0 Å². The number of amides is 1. The Labute approximate surface area is 187 Å². The fraction of sp³-hybridized carbons (Fsp3) is 0.231. The number of carbonyl (C=O) groups excluding carboxylic acids is 1. The molecule has 1 saturated heterocycles. The van der Waals surface area contributed by atoms with Crippen LogP contribution in [0.3, 0.4) is 0 Å². The highest BCUT2D eigenvalue weighted by Gasteiger charge is 2.28. The Morgan fingerprint density at radius 3 is 1.81 bits per heavy atom. The maximum Gasteiger partial charge on any atom is 0.335 e. The maximum absolute atomic E-state index is 12.7. The van der Waals surface area contributed by atoms with Crippen molar-refractivity contribution in [2.45, 2.75) is 6.04 Å². The van der Waals surface area contributed by atoms with Gasteiger partial charge in [0.2, 0.25) is 0 Å². The molecule has 0 atom stereocenters. The summed E-state index contributed by atoms with van der Waals surface area (Å²) < 4.78 is 5.57. The number of aromatic carboxylic acids is 1. The number of piperazine rings is 1. The molecule has 0 spiro atoms. The van der Waals surface area contributed by atoms with Crippen LogP contribution in [0.5, 0.6) is 5.75 Å². The van der Waals surface area contributed by atoms with Gasteiger partial charge in [0.25, 0.3) is 5.91 Å². The Kier molecular flexibility index (Phi) is 6.82. The molecule has 0 saturated carbocycles. The molecule has 0 bridgehead atoms. The van der Waals surface area contributed by atoms with Gasteiger partial charge in [-0.3, -0.25) is 9.69 Å². The van der Waals surface area contributed by atoms with E-state index in [0.29, 0.717) is 18.8 Å². The van der Waals surface area contributed by atoms with Gasteiger partial charge in [-0.2, -0.15) is 0 Å². The summed E-state index contributed by atoms with van der Waals surface area (Å²) in [6.45, 7) is 2.75. The van der Waals surface area contributed by atoms with E-state index in [1.165, 1.54) is 23.3 Å². The molecule has 0 aliphatic carbocycles. The van der Waals surface area contributed by atoms with Crippen LogP contribution in [0.1, 0.15) is 27.5 Å². The van der Waals surface area contributed by atoms with Gasteiger partial charge in [-0.1, -0.05) is 60.7 Å². The molecule has 1 amide bonds. The number of hydrogen-bond acceptors (Lipinski definition) is 4. The molecule has 3 aromatic carbocycles. The van der Waals surface area contributed by atoms with E-state index in [9.17, 15) is 9.59 Å². The van der Waals surface area contributed by atoms with Crippen molar-refractivity contribution in [1.82, 2.24) is 9.80 Å². The summed E-state index contributed by atoms with van der Waals surface area (Å²) in [4.78, 5) is 27.8. The number of hydrogen-bond donors (Lipinski definition) is 1. The van der Waals surface area contributed by atoms with Gasteiger partial charge in [0, 0.05) is 26.2 Å². The van der Waals surface area contributed by atoms with Gasteiger partial charge in [-0.05, 0) is 35.4 Å². The van der Waals surface area contributed by atoms with Crippen LogP contribution in [0.25, 0.3) is 0 Å². The Bertz CT molecular complexity index is 991. The topological polar surface area (TPSA) is 70.1 Å². The monoisotopic (exact) mass is 430 g/mol. The number of ether oxygens (including phenoxy) is 1. The molecule has 1 N–H and O–H groups in total. The van der Waals surface area contributed by atoms with Gasteiger partial charge in [-0.25, -0.2) is 4.79 Å². The molecule has 0 aromatic heterocycles. The van der Waals surface area contributed by atoms with Crippen LogP contribution in [-0.4, -0.2) is 59.6 Å². The third kappa shape index (κ3) is 5.15. The number of carboxylic acid groups (broad SMARTS) is 1. The maximum atomic E-state index is 12.7. The summed E-state index contributed by atoms with van der Waals surface area (Å²) in [6.07, 6.45) is 0. The third-order valence-electron chi connectivity index (χ3n) is 5.73. The zero-order chi connectivity index (χ0) is 22.3. The van der Waals surface area contributed by atoms with Crippen molar-refractivity contribution >= 4 is 11.9 Å². The average Bonchev–Trinajstić information content (AvgIpc) is 2.85. The lowest BCUT2D eigenvalue weighted by atomic mass is 9.96. The standard InChI is InChI=1S/C26H26N2O4/c29-24(19-32-23-13-11-22(12-14-23)26(30)31)27-15-17-28(18-16-27)25(20-7-3-1-4-8-20)21-9-5-2-6-10-21/h1-14,25H,15-19H2,(H,30,31). The van der Waals surface area contributed by atoms with Crippen LogP contribution >= 0.6 is 0 Å². The molecule has 164 valence electrons. The van der Waals surface area contributed by atoms with Gasteiger partial charge in [0.15, 0.2) is 6.61 Å². The minimum Gasteiger partial charge on any atom is -0.484 e. The number of benzene rings is 3. The number of carbonyl (C=O) groups is 2. The van der Waals surface area contributed by atoms with Gasteiger partial charge in [0.05, 0.1) is 11.6 Å². The highest BCUT2D eigenvalue weighted by Crippen LogP contribution is 2.29. The summed E-state index contributed by atoms with van der Waals surface area (Å²) in [6, 6.07) is 27.1. The molecule has 3 aromatic rings. The predicted octanol–water partition coefficient (Wildman–Crippen LogP) is 3.70. The van der Waals surface area contributed by atoms with E-state index in [4.69, 9.17) is 9.84 Å². The van der Waals surface area contributed by atoms with Gasteiger partial charge < -0.3 is 14.7 Å². The molecular formula is C26H26N2O4. The Morgan fingerprint density at radius 1 is 0.781 bits per heavy atom. The van der Waals surface area contributed by atoms with E-state index in [-0.39, 0.29) is 24.1 Å².